The van der Waals surface area contributed by atoms with E-state index in [2.05, 4.69) is 26.8 Å². The third-order valence-electron chi connectivity index (χ3n) is 8.80. The predicted octanol–water partition coefficient (Wildman–Crippen LogP) is 6.84. The van der Waals surface area contributed by atoms with Crippen LogP contribution in [0.1, 0.15) is 68.4 Å². The molecule has 182 valence electrons. The molecule has 0 fully saturated rings. The van der Waals surface area contributed by atoms with Gasteiger partial charge in [0.2, 0.25) is 10.0 Å². The molecule has 1 aromatic carbocycles. The molecule has 1 aliphatic heterocycles. The first kappa shape index (κ1) is 23.8. The van der Waals surface area contributed by atoms with E-state index >= 15 is 0 Å². The van der Waals surface area contributed by atoms with E-state index in [-0.39, 0.29) is 0 Å². The summed E-state index contributed by atoms with van der Waals surface area (Å²) in [5.74, 6) is 1.61. The molecule has 34 heavy (non-hydrogen) atoms. The summed E-state index contributed by atoms with van der Waals surface area (Å²) in [6.45, 7) is 10.0. The minimum atomic E-state index is -3.52. The van der Waals surface area contributed by atoms with E-state index in [1.807, 2.05) is 25.3 Å². The number of rotatable bonds is 6. The topological polar surface area (TPSA) is 50.5 Å². The van der Waals surface area contributed by atoms with Gasteiger partial charge in [-0.25, -0.2) is 8.42 Å². The fourth-order valence-electron chi connectivity index (χ4n) is 6.47. The Balaban J connectivity index is 1.60. The quantitative estimate of drug-likeness (QED) is 0.412. The van der Waals surface area contributed by atoms with Crippen LogP contribution in [0.4, 0.5) is 0 Å². The van der Waals surface area contributed by atoms with Gasteiger partial charge in [-0.3, -0.25) is 0 Å². The Labute approximate surface area is 205 Å². The summed E-state index contributed by atoms with van der Waals surface area (Å²) in [6.07, 6.45) is 8.73. The number of furan rings is 1. The fourth-order valence-corrected chi connectivity index (χ4v) is 11.8. The van der Waals surface area contributed by atoms with E-state index in [1.54, 1.807) is 16.4 Å². The SMILES string of the molecule is CC[Si](CC)(CC)/C1=C/C2=C(CC3CCCc4occ1c43)CN(S(=O)(=O)c1ccc(C)cc1)C2. The number of aryl methyl sites for hydroxylation is 2. The zero-order chi connectivity index (χ0) is 24.1. The minimum Gasteiger partial charge on any atom is -0.468 e. The molecular formula is C28H37NO3SSi. The second-order valence-corrected chi connectivity index (χ2v) is 17.6. The first-order chi connectivity index (χ1) is 16.3. The summed E-state index contributed by atoms with van der Waals surface area (Å²) in [7, 11) is -5.25. The van der Waals surface area contributed by atoms with Crippen molar-refractivity contribution in [2.75, 3.05) is 13.1 Å². The molecular weight excluding hydrogens is 458 g/mol. The van der Waals surface area contributed by atoms with Crippen LogP contribution in [0.2, 0.25) is 18.1 Å². The van der Waals surface area contributed by atoms with Gasteiger partial charge in [-0.1, -0.05) is 62.7 Å². The van der Waals surface area contributed by atoms with Crippen LogP contribution in [0.25, 0.3) is 5.20 Å². The molecule has 5 rings (SSSR count). The van der Waals surface area contributed by atoms with Crippen molar-refractivity contribution < 1.29 is 12.8 Å². The largest absolute Gasteiger partial charge is 0.468 e. The van der Waals surface area contributed by atoms with E-state index in [9.17, 15) is 8.42 Å². The zero-order valence-electron chi connectivity index (χ0n) is 21.0. The normalized spacial score (nSPS) is 22.6. The average Bonchev–Trinajstić information content (AvgIpc) is 3.44. The Kier molecular flexibility index (Phi) is 6.28. The number of nitrogens with zero attached hydrogens (tertiary/aromatic N) is 1. The molecule has 0 bridgehead atoms. The van der Waals surface area contributed by atoms with Gasteiger partial charge in [0.05, 0.1) is 19.2 Å². The van der Waals surface area contributed by atoms with Crippen molar-refractivity contribution in [1.82, 2.24) is 4.31 Å². The van der Waals surface area contributed by atoms with E-state index in [1.165, 1.54) is 51.4 Å². The van der Waals surface area contributed by atoms with Gasteiger partial charge < -0.3 is 4.42 Å². The molecule has 3 aliphatic rings. The van der Waals surface area contributed by atoms with Crippen LogP contribution in [0, 0.1) is 6.92 Å². The summed E-state index contributed by atoms with van der Waals surface area (Å²) in [4.78, 5) is 0.396. The van der Waals surface area contributed by atoms with Crippen LogP contribution in [0.3, 0.4) is 0 Å². The summed E-state index contributed by atoms with van der Waals surface area (Å²) in [6, 6.07) is 10.9. The Hall–Kier alpha value is -1.89. The minimum absolute atomic E-state index is 0.396. The van der Waals surface area contributed by atoms with Crippen LogP contribution in [0.5, 0.6) is 0 Å². The molecule has 2 heterocycles. The molecule has 1 atom stereocenters. The maximum absolute atomic E-state index is 13.6. The molecule has 4 nitrogen and oxygen atoms in total. The van der Waals surface area contributed by atoms with Crippen molar-refractivity contribution in [2.24, 2.45) is 0 Å². The zero-order valence-corrected chi connectivity index (χ0v) is 22.8. The van der Waals surface area contributed by atoms with Crippen molar-refractivity contribution in [3.63, 3.8) is 0 Å². The number of hydrogen-bond acceptors (Lipinski definition) is 3. The Morgan fingerprint density at radius 3 is 2.44 bits per heavy atom. The third kappa shape index (κ3) is 3.78. The van der Waals surface area contributed by atoms with E-state index < -0.39 is 18.1 Å². The highest BCUT2D eigenvalue weighted by Crippen LogP contribution is 2.48. The van der Waals surface area contributed by atoms with E-state index in [4.69, 9.17) is 4.42 Å². The summed E-state index contributed by atoms with van der Waals surface area (Å²) in [5, 5.41) is 1.50. The van der Waals surface area contributed by atoms with Crippen LogP contribution in [-0.4, -0.2) is 33.9 Å². The van der Waals surface area contributed by atoms with Crippen molar-refractivity contribution in [3.05, 3.63) is 70.2 Å². The molecule has 1 unspecified atom stereocenters. The lowest BCUT2D eigenvalue weighted by molar-refractivity contribution is 0.442. The van der Waals surface area contributed by atoms with Crippen LogP contribution >= 0.6 is 0 Å². The standard InChI is InChI=1S/C28H37NO3SSi/c1-5-34(6-2,7-3)27-16-23-18-29(33(30,31)24-13-11-20(4)12-14-24)17-22(23)15-21-9-8-10-26-28(21)25(27)19-32-26/h11-14,16,19,21H,5-10,15,17-18H2,1-4H3/b27-16+. The Morgan fingerprint density at radius 1 is 1.06 bits per heavy atom. The average molecular weight is 496 g/mol. The molecule has 0 spiro atoms. The van der Waals surface area contributed by atoms with Crippen LogP contribution < -0.4 is 0 Å². The smallest absolute Gasteiger partial charge is 0.243 e. The molecule has 2 aromatic rings. The maximum atomic E-state index is 13.6. The molecule has 0 saturated carbocycles. The van der Waals surface area contributed by atoms with Gasteiger partial charge in [-0.05, 0) is 60.6 Å². The molecule has 1 aromatic heterocycles. The summed E-state index contributed by atoms with van der Waals surface area (Å²) in [5.41, 5.74) is 6.40. The number of sulfonamides is 1. The van der Waals surface area contributed by atoms with Gasteiger partial charge in [0, 0.05) is 30.6 Å². The lowest BCUT2D eigenvalue weighted by Gasteiger charge is -2.34. The Morgan fingerprint density at radius 2 is 1.76 bits per heavy atom. The second kappa shape index (κ2) is 8.96. The summed E-state index contributed by atoms with van der Waals surface area (Å²) < 4.78 is 35.0. The number of hydrogen-bond donors (Lipinski definition) is 0. The predicted molar refractivity (Wildman–Crippen MR) is 141 cm³/mol. The van der Waals surface area contributed by atoms with Crippen LogP contribution in [-0.2, 0) is 16.4 Å². The third-order valence-corrected chi connectivity index (χ3v) is 16.2. The Bertz CT molecular complexity index is 1240. The lowest BCUT2D eigenvalue weighted by Crippen LogP contribution is -2.34. The second-order valence-electron chi connectivity index (χ2n) is 10.4. The van der Waals surface area contributed by atoms with Gasteiger partial charge in [0.15, 0.2) is 0 Å². The maximum Gasteiger partial charge on any atom is 0.243 e. The molecule has 6 heteroatoms. The van der Waals surface area contributed by atoms with Gasteiger partial charge in [0.25, 0.3) is 0 Å². The van der Waals surface area contributed by atoms with Gasteiger partial charge in [-0.2, -0.15) is 4.31 Å². The lowest BCUT2D eigenvalue weighted by atomic mass is 9.79. The van der Waals surface area contributed by atoms with Gasteiger partial charge in [0.1, 0.15) is 5.76 Å². The molecule has 0 saturated heterocycles. The molecule has 0 radical (unpaired) electrons. The molecule has 0 N–H and O–H groups in total. The van der Waals surface area contributed by atoms with E-state index in [0.717, 1.165) is 31.2 Å². The summed E-state index contributed by atoms with van der Waals surface area (Å²) >= 11 is 0. The number of benzene rings is 1. The first-order valence-electron chi connectivity index (χ1n) is 12.9. The fraction of sp³-hybridized carbons (Fsp3) is 0.500. The molecule has 2 aliphatic carbocycles. The monoisotopic (exact) mass is 495 g/mol. The van der Waals surface area contributed by atoms with Crippen molar-refractivity contribution in [1.29, 1.82) is 0 Å². The van der Waals surface area contributed by atoms with Crippen molar-refractivity contribution in [2.45, 2.75) is 82.3 Å². The molecule has 0 amide bonds. The first-order valence-corrected chi connectivity index (χ1v) is 17.0. The van der Waals surface area contributed by atoms with Gasteiger partial charge >= 0.3 is 0 Å². The van der Waals surface area contributed by atoms with Crippen LogP contribution in [0.15, 0.2) is 57.1 Å². The van der Waals surface area contributed by atoms with Gasteiger partial charge in [-0.15, -0.1) is 0 Å². The van der Waals surface area contributed by atoms with E-state index in [0.29, 0.717) is 23.9 Å². The highest BCUT2D eigenvalue weighted by Gasteiger charge is 2.41. The van der Waals surface area contributed by atoms with Crippen molar-refractivity contribution >= 4 is 23.3 Å². The van der Waals surface area contributed by atoms with Crippen molar-refractivity contribution in [3.8, 4) is 0 Å². The highest BCUT2D eigenvalue weighted by molar-refractivity contribution is 7.89. The highest BCUT2D eigenvalue weighted by atomic mass is 32.2.